The third kappa shape index (κ3) is 5.24. The molecule has 21 heavy (non-hydrogen) atoms. The van der Waals surface area contributed by atoms with E-state index >= 15 is 0 Å². The normalized spacial score (nSPS) is 11.3. The number of ether oxygens (including phenoxy) is 1. The number of carbonyl (C=O) groups excluding carboxylic acids is 1. The van der Waals surface area contributed by atoms with E-state index in [1.54, 1.807) is 0 Å². The first-order valence-electron chi connectivity index (χ1n) is 5.47. The predicted molar refractivity (Wildman–Crippen MR) is 60.7 cm³/mol. The Morgan fingerprint density at radius 1 is 1.38 bits per heavy atom. The van der Waals surface area contributed by atoms with Crippen molar-refractivity contribution in [3.05, 3.63) is 23.9 Å². The number of nitrogens with zero attached hydrogens (tertiary/aromatic N) is 1. The molecule has 0 atom stereocenters. The van der Waals surface area contributed by atoms with Crippen molar-refractivity contribution in [3.8, 4) is 5.88 Å². The third-order valence-corrected chi connectivity index (χ3v) is 2.13. The molecule has 0 radical (unpaired) electrons. The van der Waals surface area contributed by atoms with Gasteiger partial charge in [-0.25, -0.2) is 13.8 Å². The van der Waals surface area contributed by atoms with Crippen LogP contribution in [0, 0.1) is 0 Å². The summed E-state index contributed by atoms with van der Waals surface area (Å²) in [5, 5.41) is 10.4. The minimum Gasteiger partial charge on any atom is -0.480 e. The van der Waals surface area contributed by atoms with Crippen molar-refractivity contribution >= 4 is 11.9 Å². The van der Waals surface area contributed by atoms with Crippen LogP contribution in [-0.4, -0.2) is 47.5 Å². The number of hydrogen-bond acceptors (Lipinski definition) is 4. The number of rotatable bonds is 7. The van der Waals surface area contributed by atoms with Gasteiger partial charge in [-0.05, 0) is 6.07 Å². The van der Waals surface area contributed by atoms with Gasteiger partial charge in [0.15, 0.2) is 6.61 Å². The van der Waals surface area contributed by atoms with E-state index in [9.17, 15) is 27.2 Å². The molecular weight excluding hydrogens is 300 g/mol. The molecule has 1 amide bonds. The monoisotopic (exact) mass is 310 g/mol. The zero-order valence-corrected chi connectivity index (χ0v) is 10.4. The number of alkyl halides is 4. The number of hydrogen-bond donors (Lipinski definition) is 2. The molecule has 0 aromatic carbocycles. The highest BCUT2D eigenvalue weighted by Crippen LogP contribution is 2.23. The van der Waals surface area contributed by atoms with Crippen molar-refractivity contribution in [2.45, 2.75) is 12.3 Å². The van der Waals surface area contributed by atoms with E-state index in [0.717, 1.165) is 18.3 Å². The molecule has 0 fully saturated rings. The summed E-state index contributed by atoms with van der Waals surface area (Å²) in [6, 6.07) is 2.15. The maximum absolute atomic E-state index is 12.6. The van der Waals surface area contributed by atoms with Crippen LogP contribution in [0.15, 0.2) is 18.3 Å². The molecule has 1 heterocycles. The molecule has 0 aliphatic heterocycles. The Kier molecular flexibility index (Phi) is 5.44. The lowest BCUT2D eigenvalue weighted by Gasteiger charge is -2.15. The fraction of sp³-hybridized carbons (Fsp3) is 0.364. The average Bonchev–Trinajstić information content (AvgIpc) is 2.43. The molecule has 0 spiro atoms. The van der Waals surface area contributed by atoms with Gasteiger partial charge in [0.1, 0.15) is 6.54 Å². The number of halogens is 4. The summed E-state index contributed by atoms with van der Waals surface area (Å²) >= 11 is 0. The van der Waals surface area contributed by atoms with Gasteiger partial charge in [-0.3, -0.25) is 9.59 Å². The van der Waals surface area contributed by atoms with Crippen LogP contribution in [0.3, 0.4) is 0 Å². The highest BCUT2D eigenvalue weighted by atomic mass is 19.3. The first-order chi connectivity index (χ1) is 9.72. The Morgan fingerprint density at radius 2 is 2.05 bits per heavy atom. The van der Waals surface area contributed by atoms with Crippen molar-refractivity contribution in [2.75, 3.05) is 13.2 Å². The van der Waals surface area contributed by atoms with Crippen LogP contribution in [0.25, 0.3) is 0 Å². The van der Waals surface area contributed by atoms with E-state index in [0.29, 0.717) is 0 Å². The Balaban J connectivity index is 2.58. The van der Waals surface area contributed by atoms with Crippen molar-refractivity contribution in [2.24, 2.45) is 0 Å². The smallest absolute Gasteiger partial charge is 0.340 e. The van der Waals surface area contributed by atoms with Gasteiger partial charge >= 0.3 is 18.3 Å². The van der Waals surface area contributed by atoms with Gasteiger partial charge in [-0.15, -0.1) is 0 Å². The van der Waals surface area contributed by atoms with Gasteiger partial charge in [0.2, 0.25) is 5.88 Å². The van der Waals surface area contributed by atoms with Gasteiger partial charge in [-0.2, -0.15) is 8.78 Å². The molecule has 1 aromatic heterocycles. The summed E-state index contributed by atoms with van der Waals surface area (Å²) < 4.78 is 53.4. The SMILES string of the molecule is O=C(O)CNC(=O)c1ccc(OCC(F)(F)C(F)F)nc1. The van der Waals surface area contributed by atoms with Crippen LogP contribution in [0.2, 0.25) is 0 Å². The standard InChI is InChI=1S/C11H10F4N2O4/c12-10(13)11(14,15)5-21-7-2-1-6(3-16-7)9(20)17-4-8(18)19/h1-3,10H,4-5H2,(H,17,20)(H,18,19). The Labute approximate surface area is 115 Å². The maximum atomic E-state index is 12.6. The first kappa shape index (κ1) is 16.7. The lowest BCUT2D eigenvalue weighted by molar-refractivity contribution is -0.148. The first-order valence-corrected chi connectivity index (χ1v) is 5.47. The summed E-state index contributed by atoms with van der Waals surface area (Å²) in [5.41, 5.74) is -0.0378. The quantitative estimate of drug-likeness (QED) is 0.738. The third-order valence-electron chi connectivity index (χ3n) is 2.13. The lowest BCUT2D eigenvalue weighted by atomic mass is 10.2. The zero-order chi connectivity index (χ0) is 16.0. The summed E-state index contributed by atoms with van der Waals surface area (Å²) in [4.78, 5) is 25.1. The van der Waals surface area contributed by atoms with Crippen molar-refractivity contribution in [1.29, 1.82) is 0 Å². The largest absolute Gasteiger partial charge is 0.480 e. The molecule has 10 heteroatoms. The molecular formula is C11H10F4N2O4. The zero-order valence-electron chi connectivity index (χ0n) is 10.4. The van der Waals surface area contributed by atoms with E-state index in [1.807, 2.05) is 0 Å². The number of amides is 1. The second-order valence-corrected chi connectivity index (χ2v) is 3.81. The molecule has 0 bridgehead atoms. The Morgan fingerprint density at radius 3 is 2.52 bits per heavy atom. The van der Waals surface area contributed by atoms with Crippen LogP contribution in [0.5, 0.6) is 5.88 Å². The second kappa shape index (κ2) is 6.86. The lowest BCUT2D eigenvalue weighted by Crippen LogP contribution is -2.34. The van der Waals surface area contributed by atoms with Crippen molar-refractivity contribution in [1.82, 2.24) is 10.3 Å². The minimum atomic E-state index is -4.31. The van der Waals surface area contributed by atoms with Crippen molar-refractivity contribution < 1.29 is 37.0 Å². The van der Waals surface area contributed by atoms with Gasteiger partial charge in [0.05, 0.1) is 5.56 Å². The fourth-order valence-electron chi connectivity index (χ4n) is 1.09. The van der Waals surface area contributed by atoms with E-state index in [1.165, 1.54) is 0 Å². The Hall–Kier alpha value is -2.39. The minimum absolute atomic E-state index is 0.0378. The molecule has 6 nitrogen and oxygen atoms in total. The molecule has 0 unspecified atom stereocenters. The maximum Gasteiger partial charge on any atom is 0.340 e. The molecule has 116 valence electrons. The van der Waals surface area contributed by atoms with Gasteiger partial charge in [-0.1, -0.05) is 0 Å². The Bertz CT molecular complexity index is 507. The van der Waals surface area contributed by atoms with Gasteiger partial charge < -0.3 is 15.2 Å². The van der Waals surface area contributed by atoms with E-state index in [-0.39, 0.29) is 11.4 Å². The topological polar surface area (TPSA) is 88.5 Å². The van der Waals surface area contributed by atoms with Crippen LogP contribution in [0.1, 0.15) is 10.4 Å². The number of carbonyl (C=O) groups is 2. The van der Waals surface area contributed by atoms with Gasteiger partial charge in [0, 0.05) is 12.3 Å². The molecule has 0 saturated carbocycles. The molecule has 2 N–H and O–H groups in total. The fourth-order valence-corrected chi connectivity index (χ4v) is 1.09. The highest BCUT2D eigenvalue weighted by molar-refractivity contribution is 5.95. The molecule has 0 aliphatic rings. The van der Waals surface area contributed by atoms with Crippen LogP contribution < -0.4 is 10.1 Å². The van der Waals surface area contributed by atoms with Gasteiger partial charge in [0.25, 0.3) is 5.91 Å². The van der Waals surface area contributed by atoms with E-state index < -0.39 is 37.4 Å². The van der Waals surface area contributed by atoms with Crippen LogP contribution in [-0.2, 0) is 4.79 Å². The molecule has 1 rings (SSSR count). The summed E-state index contributed by atoms with van der Waals surface area (Å²) in [7, 11) is 0. The highest BCUT2D eigenvalue weighted by Gasteiger charge is 2.41. The number of aromatic nitrogens is 1. The molecule has 1 aromatic rings. The number of nitrogens with one attached hydrogen (secondary N) is 1. The number of carboxylic acid groups (broad SMARTS) is 1. The van der Waals surface area contributed by atoms with E-state index in [4.69, 9.17) is 5.11 Å². The van der Waals surface area contributed by atoms with Crippen LogP contribution >= 0.6 is 0 Å². The summed E-state index contributed by atoms with van der Waals surface area (Å²) in [6.45, 7) is -2.15. The number of aliphatic carboxylic acids is 1. The summed E-state index contributed by atoms with van der Waals surface area (Å²) in [5.74, 6) is -6.66. The van der Waals surface area contributed by atoms with Crippen LogP contribution in [0.4, 0.5) is 17.6 Å². The molecule has 0 saturated heterocycles. The number of pyridine rings is 1. The molecule has 0 aliphatic carbocycles. The second-order valence-electron chi connectivity index (χ2n) is 3.81. The average molecular weight is 310 g/mol. The van der Waals surface area contributed by atoms with Crippen molar-refractivity contribution in [3.63, 3.8) is 0 Å². The predicted octanol–water partition coefficient (Wildman–Crippen LogP) is 1.18. The summed E-state index contributed by atoms with van der Waals surface area (Å²) in [6.07, 6.45) is -2.92. The van der Waals surface area contributed by atoms with E-state index in [2.05, 4.69) is 15.0 Å². The number of carboxylic acids is 1.